The van der Waals surface area contributed by atoms with Crippen molar-refractivity contribution in [3.63, 3.8) is 0 Å². The van der Waals surface area contributed by atoms with Gasteiger partial charge in [-0.25, -0.2) is 0 Å². The molecule has 1 unspecified atom stereocenters. The second-order valence-electron chi connectivity index (χ2n) is 7.47. The standard InChI is InChI=1S/C23H21ClN4O4S/c1-16(25-26-21-13-12-19(27(29)30)14-22(21)28(31)32)23(2,17-8-10-18(24)11-9-17)15-33-20-6-4-3-5-7-20/h3-14,26H,15H2,1-2H3. The second kappa shape index (κ2) is 10.5. The van der Waals surface area contributed by atoms with Crippen LogP contribution in [0.3, 0.4) is 0 Å². The summed E-state index contributed by atoms with van der Waals surface area (Å²) in [5, 5.41) is 27.5. The van der Waals surface area contributed by atoms with E-state index < -0.39 is 20.9 Å². The van der Waals surface area contributed by atoms with Gasteiger partial charge in [0.1, 0.15) is 5.69 Å². The van der Waals surface area contributed by atoms with E-state index >= 15 is 0 Å². The monoisotopic (exact) mass is 484 g/mol. The van der Waals surface area contributed by atoms with E-state index in [0.717, 1.165) is 16.5 Å². The highest BCUT2D eigenvalue weighted by Gasteiger charge is 2.31. The van der Waals surface area contributed by atoms with E-state index in [4.69, 9.17) is 11.6 Å². The van der Waals surface area contributed by atoms with Crippen LogP contribution in [0.25, 0.3) is 0 Å². The van der Waals surface area contributed by atoms with Crippen molar-refractivity contribution >= 4 is 46.1 Å². The summed E-state index contributed by atoms with van der Waals surface area (Å²) in [4.78, 5) is 22.2. The summed E-state index contributed by atoms with van der Waals surface area (Å²) in [6, 6.07) is 20.8. The number of rotatable bonds is 9. The first-order valence-corrected chi connectivity index (χ1v) is 11.2. The van der Waals surface area contributed by atoms with Gasteiger partial charge in [0.2, 0.25) is 0 Å². The first-order chi connectivity index (χ1) is 15.7. The number of benzene rings is 3. The molecule has 0 radical (unpaired) electrons. The molecule has 0 fully saturated rings. The number of hydrazone groups is 1. The van der Waals surface area contributed by atoms with Gasteiger partial charge < -0.3 is 0 Å². The van der Waals surface area contributed by atoms with Gasteiger partial charge in [0.25, 0.3) is 5.69 Å². The van der Waals surface area contributed by atoms with Crippen LogP contribution >= 0.6 is 23.4 Å². The highest BCUT2D eigenvalue weighted by molar-refractivity contribution is 7.99. The third-order valence-electron chi connectivity index (χ3n) is 5.28. The number of nitro groups is 2. The van der Waals surface area contributed by atoms with Crippen LogP contribution in [0.1, 0.15) is 19.4 Å². The fourth-order valence-electron chi connectivity index (χ4n) is 3.11. The summed E-state index contributed by atoms with van der Waals surface area (Å²) in [6.45, 7) is 3.88. The quantitative estimate of drug-likeness (QED) is 0.157. The Kier molecular flexibility index (Phi) is 7.67. The summed E-state index contributed by atoms with van der Waals surface area (Å²) in [5.74, 6) is 0.651. The Bertz CT molecular complexity index is 1190. The molecule has 0 saturated carbocycles. The molecule has 10 heteroatoms. The van der Waals surface area contributed by atoms with E-state index in [1.54, 1.807) is 11.8 Å². The minimum absolute atomic E-state index is 0.0686. The molecule has 0 aliphatic carbocycles. The number of halogens is 1. The molecule has 170 valence electrons. The van der Waals surface area contributed by atoms with Crippen molar-refractivity contribution in [3.8, 4) is 0 Å². The van der Waals surface area contributed by atoms with Crippen LogP contribution in [0.4, 0.5) is 17.1 Å². The SMILES string of the molecule is CC(=NNc1ccc([N+](=O)[O-])cc1[N+](=O)[O-])C(C)(CSc1ccccc1)c1ccc(Cl)cc1. The fraction of sp³-hybridized carbons (Fsp3) is 0.174. The van der Waals surface area contributed by atoms with Crippen molar-refractivity contribution in [3.05, 3.63) is 104 Å². The second-order valence-corrected chi connectivity index (χ2v) is 8.95. The molecule has 0 heterocycles. The van der Waals surface area contributed by atoms with Crippen molar-refractivity contribution in [1.82, 2.24) is 0 Å². The van der Waals surface area contributed by atoms with Crippen LogP contribution in [0.2, 0.25) is 5.02 Å². The molecular weight excluding hydrogens is 464 g/mol. The predicted molar refractivity (Wildman–Crippen MR) is 132 cm³/mol. The van der Waals surface area contributed by atoms with Gasteiger partial charge in [-0.3, -0.25) is 25.7 Å². The molecule has 8 nitrogen and oxygen atoms in total. The minimum Gasteiger partial charge on any atom is -0.272 e. The number of thioether (sulfide) groups is 1. The van der Waals surface area contributed by atoms with E-state index in [1.165, 1.54) is 12.1 Å². The normalized spacial score (nSPS) is 13.2. The zero-order chi connectivity index (χ0) is 24.0. The van der Waals surface area contributed by atoms with E-state index in [9.17, 15) is 20.2 Å². The molecule has 0 saturated heterocycles. The number of nitrogens with zero attached hydrogens (tertiary/aromatic N) is 3. The van der Waals surface area contributed by atoms with Crippen LogP contribution in [0.5, 0.6) is 0 Å². The zero-order valence-corrected chi connectivity index (χ0v) is 19.5. The molecule has 0 aliphatic heterocycles. The zero-order valence-electron chi connectivity index (χ0n) is 17.9. The number of nitro benzene ring substituents is 2. The van der Waals surface area contributed by atoms with Gasteiger partial charge in [-0.1, -0.05) is 41.9 Å². The Morgan fingerprint density at radius 2 is 1.70 bits per heavy atom. The Morgan fingerprint density at radius 3 is 2.30 bits per heavy atom. The lowest BCUT2D eigenvalue weighted by Gasteiger charge is -2.30. The fourth-order valence-corrected chi connectivity index (χ4v) is 4.41. The van der Waals surface area contributed by atoms with E-state index in [1.807, 2.05) is 68.4 Å². The number of anilines is 1. The number of non-ortho nitro benzene ring substituents is 1. The maximum Gasteiger partial charge on any atom is 0.301 e. The maximum absolute atomic E-state index is 11.4. The van der Waals surface area contributed by atoms with Gasteiger partial charge in [-0.15, -0.1) is 11.8 Å². The molecule has 0 amide bonds. The lowest BCUT2D eigenvalue weighted by atomic mass is 9.80. The molecule has 0 aromatic heterocycles. The Labute approximate surface area is 200 Å². The molecular formula is C23H21ClN4O4S. The summed E-state index contributed by atoms with van der Waals surface area (Å²) < 4.78 is 0. The van der Waals surface area contributed by atoms with Gasteiger partial charge in [0.15, 0.2) is 0 Å². The highest BCUT2D eigenvalue weighted by Crippen LogP contribution is 2.34. The molecule has 0 bridgehead atoms. The van der Waals surface area contributed by atoms with Gasteiger partial charge in [0, 0.05) is 32.9 Å². The van der Waals surface area contributed by atoms with E-state index in [2.05, 4.69) is 10.5 Å². The van der Waals surface area contributed by atoms with Crippen molar-refractivity contribution in [2.45, 2.75) is 24.2 Å². The molecule has 1 N–H and O–H groups in total. The predicted octanol–water partition coefficient (Wildman–Crippen LogP) is 6.69. The van der Waals surface area contributed by atoms with E-state index in [-0.39, 0.29) is 11.4 Å². The third kappa shape index (κ3) is 5.88. The smallest absolute Gasteiger partial charge is 0.272 e. The van der Waals surface area contributed by atoms with Crippen molar-refractivity contribution in [1.29, 1.82) is 0 Å². The van der Waals surface area contributed by atoms with Crippen molar-refractivity contribution in [2.24, 2.45) is 5.10 Å². The van der Waals surface area contributed by atoms with Crippen molar-refractivity contribution < 1.29 is 9.85 Å². The van der Waals surface area contributed by atoms with Gasteiger partial charge in [-0.05, 0) is 49.7 Å². The lowest BCUT2D eigenvalue weighted by molar-refractivity contribution is -0.393. The first kappa shape index (κ1) is 24.2. The minimum atomic E-state index is -0.677. The molecule has 1 atom stereocenters. The summed E-state index contributed by atoms with van der Waals surface area (Å²) in [6.07, 6.45) is 0. The molecule has 33 heavy (non-hydrogen) atoms. The van der Waals surface area contributed by atoms with Crippen LogP contribution in [0, 0.1) is 20.2 Å². The van der Waals surface area contributed by atoms with Crippen LogP contribution in [-0.2, 0) is 5.41 Å². The molecule has 0 aliphatic rings. The highest BCUT2D eigenvalue weighted by atomic mass is 35.5. The van der Waals surface area contributed by atoms with Gasteiger partial charge in [0.05, 0.1) is 15.9 Å². The Hall–Kier alpha value is -3.43. The van der Waals surface area contributed by atoms with E-state index in [0.29, 0.717) is 16.5 Å². The number of hydrogen-bond donors (Lipinski definition) is 1. The molecule has 3 rings (SSSR count). The van der Waals surface area contributed by atoms with Crippen LogP contribution < -0.4 is 5.43 Å². The molecule has 3 aromatic rings. The topological polar surface area (TPSA) is 111 Å². The molecule has 3 aromatic carbocycles. The summed E-state index contributed by atoms with van der Waals surface area (Å²) in [5.41, 5.74) is 3.15. The average molecular weight is 485 g/mol. The third-order valence-corrected chi connectivity index (χ3v) is 6.86. The van der Waals surface area contributed by atoms with Crippen LogP contribution in [-0.4, -0.2) is 21.3 Å². The van der Waals surface area contributed by atoms with Gasteiger partial charge in [-0.2, -0.15) is 5.10 Å². The van der Waals surface area contributed by atoms with Gasteiger partial charge >= 0.3 is 5.69 Å². The summed E-state index contributed by atoms with van der Waals surface area (Å²) >= 11 is 7.74. The average Bonchev–Trinajstić information content (AvgIpc) is 2.81. The largest absolute Gasteiger partial charge is 0.301 e. The maximum atomic E-state index is 11.4. The number of hydrogen-bond acceptors (Lipinski definition) is 7. The lowest BCUT2D eigenvalue weighted by Crippen LogP contribution is -2.34. The Balaban J connectivity index is 1.94. The first-order valence-electron chi connectivity index (χ1n) is 9.88. The van der Waals surface area contributed by atoms with Crippen LogP contribution in [0.15, 0.2) is 82.8 Å². The Morgan fingerprint density at radius 1 is 1.03 bits per heavy atom. The number of nitrogens with one attached hydrogen (secondary N) is 1. The summed E-state index contributed by atoms with van der Waals surface area (Å²) in [7, 11) is 0. The molecule has 0 spiro atoms. The van der Waals surface area contributed by atoms with Crippen molar-refractivity contribution in [2.75, 3.05) is 11.2 Å².